The quantitative estimate of drug-likeness (QED) is 0.101. The van der Waals surface area contributed by atoms with Gasteiger partial charge in [-0.2, -0.15) is 0 Å². The minimum absolute atomic E-state index is 0. The third kappa shape index (κ3) is 30.6. The van der Waals surface area contributed by atoms with Gasteiger partial charge in [-0.3, -0.25) is 0 Å². The average molecular weight is 483 g/mol. The second kappa shape index (κ2) is 24.6. The van der Waals surface area contributed by atoms with Crippen LogP contribution in [0, 0.1) is 0 Å². The fraction of sp³-hybridized carbons (Fsp3) is 1.00. The van der Waals surface area contributed by atoms with Gasteiger partial charge in [0.1, 0.15) is 0 Å². The van der Waals surface area contributed by atoms with E-state index < -0.39 is 4.97 Å². The molecule has 178 valence electrons. The van der Waals surface area contributed by atoms with Crippen LogP contribution in [0.25, 0.3) is 0 Å². The van der Waals surface area contributed by atoms with Gasteiger partial charge in [-0.05, 0) is 6.42 Å². The fourth-order valence-corrected chi connectivity index (χ4v) is 3.93. The van der Waals surface area contributed by atoms with E-state index in [4.69, 9.17) is 15.6 Å². The molecule has 0 atom stereocenters. The Labute approximate surface area is 192 Å². The minimum atomic E-state index is -1.88. The molecule has 29 heavy (non-hydrogen) atoms. The summed E-state index contributed by atoms with van der Waals surface area (Å²) in [5.41, 5.74) is 0. The maximum atomic E-state index is 8.73. The van der Waals surface area contributed by atoms with Crippen molar-refractivity contribution in [3.05, 3.63) is 0 Å². The number of nitrogens with zero attached hydrogens (tertiary/aromatic N) is 1. The van der Waals surface area contributed by atoms with E-state index in [1.54, 1.807) is 0 Å². The van der Waals surface area contributed by atoms with Crippen LogP contribution < -0.4 is 17.0 Å². The number of hydrogen-bond acceptors (Lipinski definition) is 3. The van der Waals surface area contributed by atoms with Gasteiger partial charge in [0.05, 0.1) is 4.97 Å². The highest BCUT2D eigenvalue weighted by atomic mass is 79.9. The van der Waals surface area contributed by atoms with Crippen LogP contribution >= 0.6 is 0 Å². The lowest BCUT2D eigenvalue weighted by Crippen LogP contribution is -3.00. The van der Waals surface area contributed by atoms with Gasteiger partial charge < -0.3 is 17.0 Å². The van der Waals surface area contributed by atoms with Crippen LogP contribution in [-0.4, -0.2) is 27.1 Å². The molecule has 0 aliphatic rings. The normalized spacial score (nSPS) is 11.6. The molecular weight excluding hydrogens is 430 g/mol. The second-order valence-corrected chi connectivity index (χ2v) is 8.84. The number of quaternary nitrogens is 1. The molecular formula is C24H52BrNO3. The molecule has 4 nitrogen and oxygen atoms in total. The van der Waals surface area contributed by atoms with Crippen molar-refractivity contribution in [1.82, 2.24) is 0 Å². The van der Waals surface area contributed by atoms with Gasteiger partial charge in [0, 0.05) is 6.42 Å². The Hall–Kier alpha value is 0.320. The second-order valence-electron chi connectivity index (χ2n) is 8.84. The molecule has 3 N–H and O–H groups in total. The summed E-state index contributed by atoms with van der Waals surface area (Å²) in [7, 11) is 0. The van der Waals surface area contributed by atoms with Crippen molar-refractivity contribution in [2.24, 2.45) is 0 Å². The van der Waals surface area contributed by atoms with Crippen molar-refractivity contribution in [2.75, 3.05) is 6.54 Å². The fourth-order valence-electron chi connectivity index (χ4n) is 3.93. The van der Waals surface area contributed by atoms with Gasteiger partial charge in [0.25, 0.3) is 0 Å². The monoisotopic (exact) mass is 481 g/mol. The molecule has 0 spiro atoms. The Morgan fingerprint density at radius 2 is 0.586 bits per heavy atom. The minimum Gasteiger partial charge on any atom is -1.00 e. The standard InChI is InChI=1S/C24H52NO3.BrH/c1-2-3-4-5-6-7-8-9-10-11-12-13-14-15-16-17-18-19-20-21-22-23-24-25(26,27)28;/h26-28H,2-24H2,1H3;1H/q+1;/p-1. The van der Waals surface area contributed by atoms with Crippen LogP contribution in [0.2, 0.25) is 0 Å². The molecule has 0 amide bonds. The van der Waals surface area contributed by atoms with E-state index in [2.05, 4.69) is 6.92 Å². The Morgan fingerprint density at radius 1 is 0.379 bits per heavy atom. The molecule has 0 radical (unpaired) electrons. The Bertz CT molecular complexity index is 298. The number of unbranched alkanes of at least 4 members (excludes halogenated alkanes) is 21. The highest BCUT2D eigenvalue weighted by Crippen LogP contribution is 2.15. The van der Waals surface area contributed by atoms with Crippen LogP contribution in [0.3, 0.4) is 0 Å². The summed E-state index contributed by atoms with van der Waals surface area (Å²) in [6, 6.07) is 0. The zero-order chi connectivity index (χ0) is 20.8. The van der Waals surface area contributed by atoms with Gasteiger partial charge in [0.2, 0.25) is 0 Å². The summed E-state index contributed by atoms with van der Waals surface area (Å²) in [5.74, 6) is 0. The third-order valence-electron chi connectivity index (χ3n) is 5.81. The average Bonchev–Trinajstić information content (AvgIpc) is 2.65. The SMILES string of the molecule is CCCCCCCCCCCCCCCCCCCCCCCC[N+](O)(O)O.[Br-]. The summed E-state index contributed by atoms with van der Waals surface area (Å²) in [6.07, 6.45) is 29.4. The van der Waals surface area contributed by atoms with Crippen molar-refractivity contribution in [2.45, 2.75) is 148 Å². The maximum absolute atomic E-state index is 8.73. The summed E-state index contributed by atoms with van der Waals surface area (Å²) in [5, 5.41) is 26.2. The van der Waals surface area contributed by atoms with Crippen molar-refractivity contribution >= 4 is 0 Å². The first-order chi connectivity index (χ1) is 13.6. The molecule has 0 bridgehead atoms. The molecule has 0 aliphatic heterocycles. The van der Waals surface area contributed by atoms with E-state index in [-0.39, 0.29) is 23.5 Å². The Kier molecular flexibility index (Phi) is 26.7. The Morgan fingerprint density at radius 3 is 0.793 bits per heavy atom. The summed E-state index contributed by atoms with van der Waals surface area (Å²) in [4.78, 5) is -1.88. The van der Waals surface area contributed by atoms with E-state index in [9.17, 15) is 0 Å². The molecule has 0 fully saturated rings. The summed E-state index contributed by atoms with van der Waals surface area (Å²) < 4.78 is 0. The molecule has 0 rings (SSSR count). The van der Waals surface area contributed by atoms with Gasteiger partial charge in [-0.15, -0.1) is 15.6 Å². The molecule has 0 unspecified atom stereocenters. The first kappa shape index (κ1) is 31.5. The molecule has 0 saturated carbocycles. The molecule has 0 saturated heterocycles. The lowest BCUT2D eigenvalue weighted by molar-refractivity contribution is -1.37. The number of hydrogen-bond donors (Lipinski definition) is 3. The van der Waals surface area contributed by atoms with Crippen LogP contribution in [0.1, 0.15) is 148 Å². The lowest BCUT2D eigenvalue weighted by Gasteiger charge is -2.10. The van der Waals surface area contributed by atoms with Crippen molar-refractivity contribution < 1.29 is 37.6 Å². The van der Waals surface area contributed by atoms with Crippen LogP contribution in [0.15, 0.2) is 0 Å². The van der Waals surface area contributed by atoms with Crippen molar-refractivity contribution in [3.8, 4) is 0 Å². The molecule has 0 aromatic rings. The summed E-state index contributed by atoms with van der Waals surface area (Å²) >= 11 is 0. The molecule has 0 heterocycles. The van der Waals surface area contributed by atoms with Crippen molar-refractivity contribution in [1.29, 1.82) is 0 Å². The number of rotatable bonds is 23. The lowest BCUT2D eigenvalue weighted by atomic mass is 10.0. The van der Waals surface area contributed by atoms with Gasteiger partial charge in [-0.1, -0.05) is 135 Å². The van der Waals surface area contributed by atoms with Gasteiger partial charge >= 0.3 is 0 Å². The zero-order valence-electron chi connectivity index (χ0n) is 19.4. The first-order valence-electron chi connectivity index (χ1n) is 12.6. The van der Waals surface area contributed by atoms with E-state index in [0.717, 1.165) is 12.8 Å². The molecule has 0 aromatic heterocycles. The predicted molar refractivity (Wildman–Crippen MR) is 118 cm³/mol. The summed E-state index contributed by atoms with van der Waals surface area (Å²) in [6.45, 7) is 2.28. The van der Waals surface area contributed by atoms with Gasteiger partial charge in [-0.25, -0.2) is 0 Å². The molecule has 5 heteroatoms. The highest BCUT2D eigenvalue weighted by Gasteiger charge is 2.16. The van der Waals surface area contributed by atoms with Crippen LogP contribution in [-0.2, 0) is 0 Å². The smallest absolute Gasteiger partial charge is 0.177 e. The third-order valence-corrected chi connectivity index (χ3v) is 5.81. The van der Waals surface area contributed by atoms with E-state index >= 15 is 0 Å². The maximum Gasteiger partial charge on any atom is 0.177 e. The Balaban J connectivity index is 0. The van der Waals surface area contributed by atoms with E-state index in [1.165, 1.54) is 122 Å². The van der Waals surface area contributed by atoms with Crippen molar-refractivity contribution in [3.63, 3.8) is 0 Å². The highest BCUT2D eigenvalue weighted by molar-refractivity contribution is 4.51. The van der Waals surface area contributed by atoms with E-state index in [0.29, 0.717) is 6.42 Å². The predicted octanol–water partition coefficient (Wildman–Crippen LogP) is 5.58. The van der Waals surface area contributed by atoms with Gasteiger partial charge in [0.15, 0.2) is 6.54 Å². The largest absolute Gasteiger partial charge is 1.00 e. The van der Waals surface area contributed by atoms with Crippen LogP contribution in [0.4, 0.5) is 0 Å². The van der Waals surface area contributed by atoms with Crippen LogP contribution in [0.5, 0.6) is 0 Å². The molecule has 0 aliphatic carbocycles. The topological polar surface area (TPSA) is 60.7 Å². The number of hydroxylamine groups is 3. The first-order valence-corrected chi connectivity index (χ1v) is 12.6. The zero-order valence-corrected chi connectivity index (χ0v) is 21.0. The van der Waals surface area contributed by atoms with E-state index in [1.807, 2.05) is 0 Å². The number of halogens is 1. The molecule has 0 aromatic carbocycles.